The number of carbonyl (C=O) groups is 1. The molecule has 4 nitrogen and oxygen atoms in total. The van der Waals surface area contributed by atoms with Gasteiger partial charge in [-0.1, -0.05) is 45.4 Å². The van der Waals surface area contributed by atoms with Crippen LogP contribution in [-0.2, 0) is 4.79 Å². The highest BCUT2D eigenvalue weighted by Crippen LogP contribution is 2.13. The van der Waals surface area contributed by atoms with Gasteiger partial charge in [-0.3, -0.25) is 4.79 Å². The molecule has 0 unspecified atom stereocenters. The van der Waals surface area contributed by atoms with Crippen LogP contribution in [0.3, 0.4) is 0 Å². The molecule has 4 heteroatoms. The lowest BCUT2D eigenvalue weighted by atomic mass is 10.0. The molecule has 0 rings (SSSR count). The Labute approximate surface area is 110 Å². The molecule has 0 aliphatic rings. The normalized spacial score (nSPS) is 14.4. The molecule has 0 heterocycles. The van der Waals surface area contributed by atoms with E-state index in [0.29, 0.717) is 19.3 Å². The number of carboxylic acid groups (broad SMARTS) is 1. The number of hydrogen-bond donors (Lipinski definition) is 3. The summed E-state index contributed by atoms with van der Waals surface area (Å²) < 4.78 is 0. The van der Waals surface area contributed by atoms with E-state index in [1.165, 1.54) is 12.8 Å². The Morgan fingerprint density at radius 2 is 1.39 bits per heavy atom. The molecular formula is C14H28O4. The molecular weight excluding hydrogens is 232 g/mol. The van der Waals surface area contributed by atoms with Crippen molar-refractivity contribution in [3.05, 3.63) is 0 Å². The molecule has 0 amide bonds. The highest BCUT2D eigenvalue weighted by atomic mass is 16.4. The molecule has 0 aliphatic heterocycles. The monoisotopic (exact) mass is 260 g/mol. The van der Waals surface area contributed by atoms with Crippen LogP contribution in [-0.4, -0.2) is 33.5 Å². The molecule has 0 radical (unpaired) electrons. The maximum absolute atomic E-state index is 10.3. The quantitative estimate of drug-likeness (QED) is 0.471. The minimum Gasteiger partial charge on any atom is -0.481 e. The molecule has 0 saturated carbocycles. The van der Waals surface area contributed by atoms with Crippen molar-refractivity contribution in [2.45, 2.75) is 83.3 Å². The minimum absolute atomic E-state index is 0.190. The highest BCUT2D eigenvalue weighted by molar-refractivity contribution is 5.66. The van der Waals surface area contributed by atoms with Crippen molar-refractivity contribution in [1.29, 1.82) is 0 Å². The van der Waals surface area contributed by atoms with Gasteiger partial charge in [0.25, 0.3) is 0 Å². The lowest BCUT2D eigenvalue weighted by molar-refractivity contribution is -0.137. The summed E-state index contributed by atoms with van der Waals surface area (Å²) in [6, 6.07) is 0. The molecule has 0 fully saturated rings. The van der Waals surface area contributed by atoms with Crippen LogP contribution in [0.4, 0.5) is 0 Å². The third-order valence-corrected chi connectivity index (χ3v) is 3.19. The average Bonchev–Trinajstić information content (AvgIpc) is 2.33. The summed E-state index contributed by atoms with van der Waals surface area (Å²) in [5.41, 5.74) is 0. The van der Waals surface area contributed by atoms with Crippen molar-refractivity contribution in [1.82, 2.24) is 0 Å². The minimum atomic E-state index is -0.772. The van der Waals surface area contributed by atoms with Crippen LogP contribution in [0.2, 0.25) is 0 Å². The van der Waals surface area contributed by atoms with Gasteiger partial charge in [-0.05, 0) is 19.3 Å². The molecule has 0 saturated heterocycles. The van der Waals surface area contributed by atoms with Gasteiger partial charge in [-0.25, -0.2) is 0 Å². The molecule has 0 spiro atoms. The molecule has 108 valence electrons. The van der Waals surface area contributed by atoms with Crippen molar-refractivity contribution in [2.24, 2.45) is 0 Å². The van der Waals surface area contributed by atoms with E-state index in [2.05, 4.69) is 6.92 Å². The Morgan fingerprint density at radius 1 is 0.889 bits per heavy atom. The zero-order valence-electron chi connectivity index (χ0n) is 11.5. The van der Waals surface area contributed by atoms with Crippen LogP contribution in [0.15, 0.2) is 0 Å². The van der Waals surface area contributed by atoms with E-state index in [9.17, 15) is 15.0 Å². The molecule has 0 aromatic carbocycles. The van der Waals surface area contributed by atoms with Crippen LogP contribution in [0, 0.1) is 0 Å². The maximum Gasteiger partial charge on any atom is 0.303 e. The van der Waals surface area contributed by atoms with Crippen molar-refractivity contribution in [3.8, 4) is 0 Å². The first-order valence-electron chi connectivity index (χ1n) is 7.15. The predicted octanol–water partition coefficient (Wildman–Crippen LogP) is 2.71. The molecule has 0 aromatic rings. The van der Waals surface area contributed by atoms with Crippen molar-refractivity contribution < 1.29 is 20.1 Å². The first kappa shape index (κ1) is 17.4. The Kier molecular flexibility index (Phi) is 11.1. The number of aliphatic hydroxyl groups excluding tert-OH is 2. The van der Waals surface area contributed by atoms with Crippen LogP contribution in [0.5, 0.6) is 0 Å². The molecule has 0 aliphatic carbocycles. The van der Waals surface area contributed by atoms with Gasteiger partial charge in [0.2, 0.25) is 0 Å². The van der Waals surface area contributed by atoms with Gasteiger partial charge in [-0.15, -0.1) is 0 Å². The van der Waals surface area contributed by atoms with E-state index < -0.39 is 18.2 Å². The van der Waals surface area contributed by atoms with Crippen LogP contribution in [0.25, 0.3) is 0 Å². The summed E-state index contributed by atoms with van der Waals surface area (Å²) >= 11 is 0. The highest BCUT2D eigenvalue weighted by Gasteiger charge is 2.15. The number of rotatable bonds is 12. The first-order chi connectivity index (χ1) is 8.57. The van der Waals surface area contributed by atoms with E-state index in [4.69, 9.17) is 5.11 Å². The Bertz CT molecular complexity index is 206. The molecule has 2 atom stereocenters. The Morgan fingerprint density at radius 3 is 1.83 bits per heavy atom. The van der Waals surface area contributed by atoms with Gasteiger partial charge in [0.15, 0.2) is 0 Å². The third-order valence-electron chi connectivity index (χ3n) is 3.19. The van der Waals surface area contributed by atoms with Crippen LogP contribution >= 0.6 is 0 Å². The van der Waals surface area contributed by atoms with Gasteiger partial charge in [-0.2, -0.15) is 0 Å². The maximum atomic E-state index is 10.3. The zero-order chi connectivity index (χ0) is 13.8. The summed E-state index contributed by atoms with van der Waals surface area (Å²) in [5, 5.41) is 27.9. The second kappa shape index (κ2) is 11.5. The van der Waals surface area contributed by atoms with Gasteiger partial charge >= 0.3 is 5.97 Å². The summed E-state index contributed by atoms with van der Waals surface area (Å²) in [4.78, 5) is 10.3. The number of hydrogen-bond acceptors (Lipinski definition) is 3. The topological polar surface area (TPSA) is 77.8 Å². The fourth-order valence-electron chi connectivity index (χ4n) is 1.97. The average molecular weight is 260 g/mol. The van der Waals surface area contributed by atoms with Crippen molar-refractivity contribution in [2.75, 3.05) is 0 Å². The molecule has 3 N–H and O–H groups in total. The van der Waals surface area contributed by atoms with Crippen molar-refractivity contribution >= 4 is 5.97 Å². The van der Waals surface area contributed by atoms with Crippen LogP contribution in [0.1, 0.15) is 71.1 Å². The Hall–Kier alpha value is -0.610. The third kappa shape index (κ3) is 10.5. The van der Waals surface area contributed by atoms with E-state index in [1.807, 2.05) is 0 Å². The number of aliphatic hydroxyl groups is 2. The molecule has 0 bridgehead atoms. The van der Waals surface area contributed by atoms with Gasteiger partial charge in [0.1, 0.15) is 0 Å². The molecule has 0 aromatic heterocycles. The van der Waals surface area contributed by atoms with Gasteiger partial charge < -0.3 is 15.3 Å². The second-order valence-electron chi connectivity index (χ2n) is 4.98. The van der Waals surface area contributed by atoms with E-state index >= 15 is 0 Å². The van der Waals surface area contributed by atoms with Gasteiger partial charge in [0.05, 0.1) is 12.2 Å². The summed E-state index contributed by atoms with van der Waals surface area (Å²) in [6.07, 6.45) is 6.78. The van der Waals surface area contributed by atoms with E-state index in [1.54, 1.807) is 0 Å². The fourth-order valence-corrected chi connectivity index (χ4v) is 1.97. The predicted molar refractivity (Wildman–Crippen MR) is 71.5 cm³/mol. The lowest BCUT2D eigenvalue weighted by Gasteiger charge is -2.17. The van der Waals surface area contributed by atoms with E-state index in [-0.39, 0.29) is 6.42 Å². The standard InChI is InChI=1S/C14H28O4/c1-2-3-4-6-9-12(15)13(16)10-7-5-8-11-14(17)18/h12-13,15-16H,2-11H2,1H3,(H,17,18)/t12-,13-/m0/s1. The second-order valence-corrected chi connectivity index (χ2v) is 4.98. The number of carboxylic acids is 1. The summed E-state index contributed by atoms with van der Waals surface area (Å²) in [7, 11) is 0. The zero-order valence-corrected chi connectivity index (χ0v) is 11.5. The number of unbranched alkanes of at least 4 members (excludes halogenated alkanes) is 5. The summed E-state index contributed by atoms with van der Waals surface area (Å²) in [5.74, 6) is -0.772. The largest absolute Gasteiger partial charge is 0.481 e. The smallest absolute Gasteiger partial charge is 0.303 e. The van der Waals surface area contributed by atoms with Crippen molar-refractivity contribution in [3.63, 3.8) is 0 Å². The Balaban J connectivity index is 3.43. The van der Waals surface area contributed by atoms with E-state index in [0.717, 1.165) is 25.7 Å². The summed E-state index contributed by atoms with van der Waals surface area (Å²) in [6.45, 7) is 2.14. The van der Waals surface area contributed by atoms with Crippen LogP contribution < -0.4 is 0 Å². The number of aliphatic carboxylic acids is 1. The fraction of sp³-hybridized carbons (Fsp3) is 0.929. The SMILES string of the molecule is CCCCCC[C@H](O)[C@@H](O)CCCCCC(=O)O. The lowest BCUT2D eigenvalue weighted by Crippen LogP contribution is -2.25. The first-order valence-corrected chi connectivity index (χ1v) is 7.15. The van der Waals surface area contributed by atoms with Gasteiger partial charge in [0, 0.05) is 6.42 Å². The molecule has 18 heavy (non-hydrogen) atoms.